The van der Waals surface area contributed by atoms with Gasteiger partial charge in [-0.05, 0) is 6.42 Å². The van der Waals surface area contributed by atoms with E-state index in [1.807, 2.05) is 0 Å². The van der Waals surface area contributed by atoms with E-state index in [1.165, 1.54) is 33.3 Å². The van der Waals surface area contributed by atoms with Crippen molar-refractivity contribution >= 4 is 11.9 Å². The monoisotopic (exact) mass is 232 g/mol. The smallest absolute Gasteiger partial charge is 0.305 e. The number of carbonyl (C=O) groups excluding carboxylic acids is 2. The second-order valence-corrected chi connectivity index (χ2v) is 3.33. The lowest BCUT2D eigenvalue weighted by Crippen LogP contribution is -1.99. The standard InChI is InChI=1S/C8H16O2.C4H8O2/c1-3-4-5-6-7-10-8(2)9;1-3-4(5)6-2/h3-7H2,1-2H3;3H2,1-2H3. The lowest BCUT2D eigenvalue weighted by Gasteiger charge is -1.99. The first-order valence-electron chi connectivity index (χ1n) is 5.78. The van der Waals surface area contributed by atoms with Crippen LogP contribution in [0.5, 0.6) is 0 Å². The average molecular weight is 232 g/mol. The minimum atomic E-state index is -0.170. The topological polar surface area (TPSA) is 52.6 Å². The predicted octanol–water partition coefficient (Wildman–Crippen LogP) is 2.70. The summed E-state index contributed by atoms with van der Waals surface area (Å²) < 4.78 is 9.01. The zero-order chi connectivity index (χ0) is 12.8. The third kappa shape index (κ3) is 18.7. The minimum absolute atomic E-state index is 0.157. The SMILES string of the molecule is CCC(=O)OC.CCCCCCOC(C)=O. The van der Waals surface area contributed by atoms with Gasteiger partial charge in [0, 0.05) is 13.3 Å². The number of ether oxygens (including phenoxy) is 2. The summed E-state index contributed by atoms with van der Waals surface area (Å²) in [7, 11) is 1.38. The Labute approximate surface area is 98.3 Å². The fourth-order valence-electron chi connectivity index (χ4n) is 0.889. The van der Waals surface area contributed by atoms with Crippen molar-refractivity contribution in [2.75, 3.05) is 13.7 Å². The van der Waals surface area contributed by atoms with Crippen molar-refractivity contribution in [2.45, 2.75) is 52.9 Å². The van der Waals surface area contributed by atoms with Gasteiger partial charge >= 0.3 is 11.9 Å². The zero-order valence-electron chi connectivity index (χ0n) is 10.9. The van der Waals surface area contributed by atoms with Crippen molar-refractivity contribution < 1.29 is 19.1 Å². The van der Waals surface area contributed by atoms with Gasteiger partial charge in [-0.3, -0.25) is 9.59 Å². The van der Waals surface area contributed by atoms with E-state index in [0.717, 1.165) is 6.42 Å². The van der Waals surface area contributed by atoms with E-state index >= 15 is 0 Å². The Morgan fingerprint density at radius 2 is 1.69 bits per heavy atom. The molecule has 0 amide bonds. The number of rotatable bonds is 6. The number of esters is 2. The molecule has 0 rings (SSSR count). The normalized spacial score (nSPS) is 8.75. The maximum atomic E-state index is 10.3. The van der Waals surface area contributed by atoms with Gasteiger partial charge in [-0.25, -0.2) is 0 Å². The van der Waals surface area contributed by atoms with Crippen LogP contribution in [0.15, 0.2) is 0 Å². The van der Waals surface area contributed by atoms with Gasteiger partial charge in [0.1, 0.15) is 0 Å². The third-order valence-electron chi connectivity index (χ3n) is 1.82. The molecule has 0 unspecified atom stereocenters. The van der Waals surface area contributed by atoms with Crippen LogP contribution in [0.25, 0.3) is 0 Å². The molecule has 0 aliphatic rings. The first kappa shape index (κ1) is 17.3. The third-order valence-corrected chi connectivity index (χ3v) is 1.82. The van der Waals surface area contributed by atoms with Crippen LogP contribution in [0.4, 0.5) is 0 Å². The fourth-order valence-corrected chi connectivity index (χ4v) is 0.889. The Morgan fingerprint density at radius 1 is 1.06 bits per heavy atom. The summed E-state index contributed by atoms with van der Waals surface area (Å²) in [6, 6.07) is 0. The molecule has 0 aliphatic carbocycles. The Hall–Kier alpha value is -1.06. The fraction of sp³-hybridized carbons (Fsp3) is 0.833. The molecular weight excluding hydrogens is 208 g/mol. The van der Waals surface area contributed by atoms with Crippen LogP contribution >= 0.6 is 0 Å². The summed E-state index contributed by atoms with van der Waals surface area (Å²) in [5, 5.41) is 0. The van der Waals surface area contributed by atoms with Crippen molar-refractivity contribution in [3.05, 3.63) is 0 Å². The molecule has 0 aliphatic heterocycles. The Balaban J connectivity index is 0. The molecule has 4 nitrogen and oxygen atoms in total. The molecule has 0 N–H and O–H groups in total. The summed E-state index contributed by atoms with van der Waals surface area (Å²) in [6.45, 7) is 5.95. The summed E-state index contributed by atoms with van der Waals surface area (Å²) in [5.41, 5.74) is 0. The van der Waals surface area contributed by atoms with E-state index < -0.39 is 0 Å². The lowest BCUT2D eigenvalue weighted by molar-refractivity contribution is -0.141. The lowest BCUT2D eigenvalue weighted by atomic mass is 10.2. The molecule has 0 spiro atoms. The van der Waals surface area contributed by atoms with Crippen LogP contribution in [0.2, 0.25) is 0 Å². The van der Waals surface area contributed by atoms with Gasteiger partial charge in [-0.15, -0.1) is 0 Å². The second-order valence-electron chi connectivity index (χ2n) is 3.33. The number of methoxy groups -OCH3 is 1. The van der Waals surface area contributed by atoms with Gasteiger partial charge in [0.05, 0.1) is 13.7 Å². The molecule has 0 atom stereocenters. The highest BCUT2D eigenvalue weighted by Crippen LogP contribution is 1.98. The molecule has 0 aromatic rings. The molecule has 0 radical (unpaired) electrons. The van der Waals surface area contributed by atoms with E-state index in [1.54, 1.807) is 6.92 Å². The van der Waals surface area contributed by atoms with E-state index in [0.29, 0.717) is 13.0 Å². The quantitative estimate of drug-likeness (QED) is 0.522. The molecule has 0 bridgehead atoms. The number of carbonyl (C=O) groups is 2. The van der Waals surface area contributed by atoms with Crippen molar-refractivity contribution in [3.8, 4) is 0 Å². The highest BCUT2D eigenvalue weighted by atomic mass is 16.5. The van der Waals surface area contributed by atoms with Gasteiger partial charge in [0.15, 0.2) is 0 Å². The Kier molecular flexibility index (Phi) is 15.1. The van der Waals surface area contributed by atoms with Crippen LogP contribution < -0.4 is 0 Å². The summed E-state index contributed by atoms with van der Waals surface area (Å²) in [4.78, 5) is 20.2. The van der Waals surface area contributed by atoms with Gasteiger partial charge in [-0.2, -0.15) is 0 Å². The van der Waals surface area contributed by atoms with Crippen molar-refractivity contribution in [1.82, 2.24) is 0 Å². The van der Waals surface area contributed by atoms with E-state index in [2.05, 4.69) is 11.7 Å². The molecule has 0 saturated heterocycles. The summed E-state index contributed by atoms with van der Waals surface area (Å²) >= 11 is 0. The molecular formula is C12H24O4. The van der Waals surface area contributed by atoms with E-state index in [4.69, 9.17) is 4.74 Å². The predicted molar refractivity (Wildman–Crippen MR) is 63.1 cm³/mol. The average Bonchev–Trinajstić information content (AvgIpc) is 2.28. The first-order valence-corrected chi connectivity index (χ1v) is 5.78. The maximum absolute atomic E-state index is 10.3. The van der Waals surface area contributed by atoms with Gasteiger partial charge in [0.25, 0.3) is 0 Å². The molecule has 0 fully saturated rings. The number of hydrogen-bond acceptors (Lipinski definition) is 4. The second kappa shape index (κ2) is 13.9. The minimum Gasteiger partial charge on any atom is -0.469 e. The van der Waals surface area contributed by atoms with Crippen LogP contribution in [0.1, 0.15) is 52.9 Å². The van der Waals surface area contributed by atoms with Crippen molar-refractivity contribution in [2.24, 2.45) is 0 Å². The molecule has 0 heterocycles. The van der Waals surface area contributed by atoms with Crippen LogP contribution in [0, 0.1) is 0 Å². The number of unbranched alkanes of at least 4 members (excludes halogenated alkanes) is 3. The molecule has 0 aromatic heterocycles. The largest absolute Gasteiger partial charge is 0.469 e. The van der Waals surface area contributed by atoms with Crippen molar-refractivity contribution in [3.63, 3.8) is 0 Å². The molecule has 4 heteroatoms. The van der Waals surface area contributed by atoms with Crippen LogP contribution in [-0.4, -0.2) is 25.7 Å². The summed E-state index contributed by atoms with van der Waals surface area (Å²) in [5.74, 6) is -0.327. The molecule has 0 saturated carbocycles. The Bertz CT molecular complexity index is 172. The van der Waals surface area contributed by atoms with E-state index in [9.17, 15) is 9.59 Å². The highest BCUT2D eigenvalue weighted by molar-refractivity contribution is 5.68. The zero-order valence-corrected chi connectivity index (χ0v) is 10.9. The molecule has 96 valence electrons. The maximum Gasteiger partial charge on any atom is 0.305 e. The van der Waals surface area contributed by atoms with Gasteiger partial charge < -0.3 is 9.47 Å². The van der Waals surface area contributed by atoms with E-state index in [-0.39, 0.29) is 11.9 Å². The first-order chi connectivity index (χ1) is 7.58. The highest BCUT2D eigenvalue weighted by Gasteiger charge is 1.91. The molecule has 16 heavy (non-hydrogen) atoms. The molecule has 0 aromatic carbocycles. The Morgan fingerprint density at radius 3 is 2.00 bits per heavy atom. The van der Waals surface area contributed by atoms with Crippen LogP contribution in [-0.2, 0) is 19.1 Å². The van der Waals surface area contributed by atoms with Crippen molar-refractivity contribution in [1.29, 1.82) is 0 Å². The van der Waals surface area contributed by atoms with Gasteiger partial charge in [0.2, 0.25) is 0 Å². The van der Waals surface area contributed by atoms with Gasteiger partial charge in [-0.1, -0.05) is 33.1 Å². The summed E-state index contributed by atoms with van der Waals surface area (Å²) in [6.07, 6.45) is 5.11. The number of hydrogen-bond donors (Lipinski definition) is 0. The van der Waals surface area contributed by atoms with Crippen LogP contribution in [0.3, 0.4) is 0 Å².